The minimum Gasteiger partial charge on any atom is -0.340 e. The first kappa shape index (κ1) is 20.5. The van der Waals surface area contributed by atoms with Gasteiger partial charge in [0.1, 0.15) is 0 Å². The number of para-hydroxylation sites is 1. The third-order valence-electron chi connectivity index (χ3n) is 5.72. The van der Waals surface area contributed by atoms with Gasteiger partial charge in [0.2, 0.25) is 11.8 Å². The van der Waals surface area contributed by atoms with Crippen molar-refractivity contribution >= 4 is 38.5 Å². The van der Waals surface area contributed by atoms with Crippen LogP contribution in [0, 0.1) is 6.92 Å². The second kappa shape index (κ2) is 8.93. The number of piperazine rings is 1. The summed E-state index contributed by atoms with van der Waals surface area (Å²) in [5.74, 6) is 0.0873. The summed E-state index contributed by atoms with van der Waals surface area (Å²) in [6, 6.07) is 15.6. The van der Waals surface area contributed by atoms with E-state index < -0.39 is 0 Å². The summed E-state index contributed by atoms with van der Waals surface area (Å²) >= 11 is 1.48. The third kappa shape index (κ3) is 4.52. The van der Waals surface area contributed by atoms with Crippen molar-refractivity contribution in [1.29, 1.82) is 0 Å². The van der Waals surface area contributed by atoms with Crippen LogP contribution in [0.3, 0.4) is 0 Å². The standard InChI is InChI=1S/C23H26N4O2S/c1-16-7-3-4-8-18(16)15-21(28)27-13-11-26(12-14-27)17(2)22(29)25-23-24-19-9-5-6-10-20(19)30-23/h3-10,17H,11-15H2,1-2H3,(H,24,25,29). The van der Waals surface area contributed by atoms with Gasteiger partial charge in [-0.25, -0.2) is 4.98 Å². The Hall–Kier alpha value is -2.77. The highest BCUT2D eigenvalue weighted by atomic mass is 32.1. The molecule has 0 saturated carbocycles. The number of hydrogen-bond donors (Lipinski definition) is 1. The number of rotatable bonds is 5. The second-order valence-electron chi connectivity index (χ2n) is 7.67. The average molecular weight is 423 g/mol. The fraction of sp³-hybridized carbons (Fsp3) is 0.348. The Bertz CT molecular complexity index is 1020. The van der Waals surface area contributed by atoms with Crippen molar-refractivity contribution in [3.63, 3.8) is 0 Å². The molecule has 1 aromatic heterocycles. The number of nitrogens with zero attached hydrogens (tertiary/aromatic N) is 3. The van der Waals surface area contributed by atoms with E-state index in [1.54, 1.807) is 0 Å². The summed E-state index contributed by atoms with van der Waals surface area (Å²) < 4.78 is 1.06. The topological polar surface area (TPSA) is 65.5 Å². The van der Waals surface area contributed by atoms with Crippen molar-refractivity contribution in [2.75, 3.05) is 31.5 Å². The molecule has 2 amide bonds. The number of thiazole rings is 1. The van der Waals surface area contributed by atoms with E-state index in [1.165, 1.54) is 11.3 Å². The van der Waals surface area contributed by atoms with Gasteiger partial charge in [0.05, 0.1) is 22.7 Å². The molecule has 7 heteroatoms. The summed E-state index contributed by atoms with van der Waals surface area (Å²) in [6.07, 6.45) is 0.431. The van der Waals surface area contributed by atoms with Crippen molar-refractivity contribution in [3.05, 3.63) is 59.7 Å². The summed E-state index contributed by atoms with van der Waals surface area (Å²) in [7, 11) is 0. The zero-order valence-corrected chi connectivity index (χ0v) is 18.1. The molecule has 1 fully saturated rings. The van der Waals surface area contributed by atoms with Crippen LogP contribution in [0.15, 0.2) is 48.5 Å². The first-order valence-corrected chi connectivity index (χ1v) is 11.1. The van der Waals surface area contributed by atoms with E-state index in [9.17, 15) is 9.59 Å². The van der Waals surface area contributed by atoms with Gasteiger partial charge in [0, 0.05) is 26.2 Å². The second-order valence-corrected chi connectivity index (χ2v) is 8.70. The maximum Gasteiger partial charge on any atom is 0.243 e. The van der Waals surface area contributed by atoms with E-state index >= 15 is 0 Å². The molecule has 2 heterocycles. The van der Waals surface area contributed by atoms with Crippen molar-refractivity contribution < 1.29 is 9.59 Å². The van der Waals surface area contributed by atoms with Crippen LogP contribution >= 0.6 is 11.3 Å². The Balaban J connectivity index is 1.30. The molecular weight excluding hydrogens is 396 g/mol. The Kier molecular flexibility index (Phi) is 6.11. The highest BCUT2D eigenvalue weighted by Gasteiger charge is 2.28. The Morgan fingerprint density at radius 2 is 1.77 bits per heavy atom. The quantitative estimate of drug-likeness (QED) is 0.685. The number of carbonyl (C=O) groups excluding carboxylic acids is 2. The van der Waals surface area contributed by atoms with Crippen LogP contribution in [-0.4, -0.2) is 58.8 Å². The zero-order chi connectivity index (χ0) is 21.1. The number of nitrogens with one attached hydrogen (secondary N) is 1. The highest BCUT2D eigenvalue weighted by molar-refractivity contribution is 7.22. The highest BCUT2D eigenvalue weighted by Crippen LogP contribution is 2.25. The monoisotopic (exact) mass is 422 g/mol. The van der Waals surface area contributed by atoms with Gasteiger partial charge in [-0.05, 0) is 37.1 Å². The van der Waals surface area contributed by atoms with Crippen molar-refractivity contribution in [2.24, 2.45) is 0 Å². The molecule has 4 rings (SSSR count). The average Bonchev–Trinajstić information content (AvgIpc) is 3.17. The molecule has 0 aliphatic carbocycles. The molecule has 1 aliphatic rings. The fourth-order valence-electron chi connectivity index (χ4n) is 3.74. The molecule has 156 valence electrons. The van der Waals surface area contributed by atoms with Crippen LogP contribution in [0.25, 0.3) is 10.2 Å². The number of carbonyl (C=O) groups is 2. The van der Waals surface area contributed by atoms with Crippen LogP contribution < -0.4 is 5.32 Å². The molecule has 0 spiro atoms. The number of fused-ring (bicyclic) bond motifs is 1. The summed E-state index contributed by atoms with van der Waals surface area (Å²) in [5.41, 5.74) is 3.12. The van der Waals surface area contributed by atoms with Gasteiger partial charge < -0.3 is 10.2 Å². The lowest BCUT2D eigenvalue weighted by Crippen LogP contribution is -2.54. The first-order valence-electron chi connectivity index (χ1n) is 10.2. The molecule has 1 N–H and O–H groups in total. The maximum atomic E-state index is 12.7. The van der Waals surface area contributed by atoms with Crippen molar-refractivity contribution in [2.45, 2.75) is 26.3 Å². The summed E-state index contributed by atoms with van der Waals surface area (Å²) in [4.78, 5) is 33.9. The lowest BCUT2D eigenvalue weighted by molar-refractivity contribution is -0.133. The van der Waals surface area contributed by atoms with Gasteiger partial charge >= 0.3 is 0 Å². The fourth-order valence-corrected chi connectivity index (χ4v) is 4.61. The molecule has 1 aliphatic heterocycles. The molecule has 30 heavy (non-hydrogen) atoms. The smallest absolute Gasteiger partial charge is 0.243 e. The van der Waals surface area contributed by atoms with E-state index in [4.69, 9.17) is 0 Å². The minimum absolute atomic E-state index is 0.0613. The van der Waals surface area contributed by atoms with Crippen LogP contribution in [-0.2, 0) is 16.0 Å². The molecule has 1 saturated heterocycles. The Labute approximate surface area is 180 Å². The van der Waals surface area contributed by atoms with E-state index in [1.807, 2.05) is 67.3 Å². The summed E-state index contributed by atoms with van der Waals surface area (Å²) in [6.45, 7) is 6.61. The lowest BCUT2D eigenvalue weighted by Gasteiger charge is -2.37. The number of benzene rings is 2. The molecule has 0 bridgehead atoms. The molecule has 3 aromatic rings. The van der Waals surface area contributed by atoms with Crippen LogP contribution in [0.4, 0.5) is 5.13 Å². The molecule has 1 unspecified atom stereocenters. The lowest BCUT2D eigenvalue weighted by atomic mass is 10.1. The normalized spacial score (nSPS) is 15.9. The Morgan fingerprint density at radius 3 is 2.50 bits per heavy atom. The van der Waals surface area contributed by atoms with Crippen LogP contribution in [0.2, 0.25) is 0 Å². The van der Waals surface area contributed by atoms with E-state index in [2.05, 4.69) is 15.2 Å². The molecule has 6 nitrogen and oxygen atoms in total. The van der Waals surface area contributed by atoms with E-state index in [-0.39, 0.29) is 17.9 Å². The number of aryl methyl sites for hydroxylation is 1. The molecular formula is C23H26N4O2S. The van der Waals surface area contributed by atoms with Gasteiger partial charge in [-0.15, -0.1) is 0 Å². The van der Waals surface area contributed by atoms with E-state index in [0.29, 0.717) is 37.7 Å². The predicted octanol–water partition coefficient (Wildman–Crippen LogP) is 3.32. The largest absolute Gasteiger partial charge is 0.340 e. The van der Waals surface area contributed by atoms with E-state index in [0.717, 1.165) is 21.3 Å². The first-order chi connectivity index (χ1) is 14.5. The molecule has 2 aromatic carbocycles. The summed E-state index contributed by atoms with van der Waals surface area (Å²) in [5, 5.41) is 3.57. The van der Waals surface area contributed by atoms with Crippen LogP contribution in [0.5, 0.6) is 0 Å². The minimum atomic E-state index is -0.273. The SMILES string of the molecule is Cc1ccccc1CC(=O)N1CCN(C(C)C(=O)Nc2nc3ccccc3s2)CC1. The van der Waals surface area contributed by atoms with Gasteiger partial charge in [-0.3, -0.25) is 14.5 Å². The third-order valence-corrected chi connectivity index (χ3v) is 6.67. The zero-order valence-electron chi connectivity index (χ0n) is 17.3. The maximum absolute atomic E-state index is 12.7. The van der Waals surface area contributed by atoms with Crippen molar-refractivity contribution in [1.82, 2.24) is 14.8 Å². The van der Waals surface area contributed by atoms with Gasteiger partial charge in [0.25, 0.3) is 0 Å². The van der Waals surface area contributed by atoms with Crippen LogP contribution in [0.1, 0.15) is 18.1 Å². The number of anilines is 1. The van der Waals surface area contributed by atoms with Gasteiger partial charge in [-0.2, -0.15) is 0 Å². The Morgan fingerprint density at radius 1 is 1.07 bits per heavy atom. The number of hydrogen-bond acceptors (Lipinski definition) is 5. The predicted molar refractivity (Wildman–Crippen MR) is 121 cm³/mol. The van der Waals surface area contributed by atoms with Gasteiger partial charge in [-0.1, -0.05) is 47.7 Å². The van der Waals surface area contributed by atoms with Crippen molar-refractivity contribution in [3.8, 4) is 0 Å². The number of amides is 2. The molecule has 1 atom stereocenters. The number of aromatic nitrogens is 1. The molecule has 0 radical (unpaired) electrons. The van der Waals surface area contributed by atoms with Gasteiger partial charge in [0.15, 0.2) is 5.13 Å².